The highest BCUT2D eigenvalue weighted by molar-refractivity contribution is 5.69. The monoisotopic (exact) mass is 148 g/mol. The molecule has 0 rings (SSSR count). The van der Waals surface area contributed by atoms with Gasteiger partial charge in [-0.05, 0) is 5.92 Å². The Morgan fingerprint density at radius 3 is 2.60 bits per heavy atom. The zero-order valence-electron chi connectivity index (χ0n) is 5.91. The molecular weight excluding hydrogens is 136 g/mol. The van der Waals surface area contributed by atoms with Gasteiger partial charge in [-0.25, -0.2) is 0 Å². The normalized spacial score (nSPS) is 12.7. The van der Waals surface area contributed by atoms with E-state index in [4.69, 9.17) is 10.2 Å². The Balaban J connectivity index is 3.37. The highest BCUT2D eigenvalue weighted by Crippen LogP contribution is 2.00. The summed E-state index contributed by atoms with van der Waals surface area (Å²) >= 11 is 0. The van der Waals surface area contributed by atoms with Gasteiger partial charge in [0, 0.05) is 6.61 Å². The summed E-state index contributed by atoms with van der Waals surface area (Å²) in [5, 5.41) is 16.6. The lowest BCUT2D eigenvalue weighted by molar-refractivity contribution is -0.153. The van der Waals surface area contributed by atoms with E-state index in [1.807, 2.05) is 0 Å². The van der Waals surface area contributed by atoms with Crippen molar-refractivity contribution in [2.24, 2.45) is 5.92 Å². The minimum absolute atomic E-state index is 0.0411. The van der Waals surface area contributed by atoms with Crippen molar-refractivity contribution in [3.63, 3.8) is 0 Å². The van der Waals surface area contributed by atoms with Crippen molar-refractivity contribution >= 4 is 5.97 Å². The maximum Gasteiger partial charge on any atom is 0.308 e. The van der Waals surface area contributed by atoms with Gasteiger partial charge in [0.25, 0.3) is 0 Å². The van der Waals surface area contributed by atoms with Gasteiger partial charge in [-0.2, -0.15) is 0 Å². The van der Waals surface area contributed by atoms with Crippen molar-refractivity contribution in [1.82, 2.24) is 0 Å². The molecule has 0 fully saturated rings. The van der Waals surface area contributed by atoms with Crippen LogP contribution in [0.5, 0.6) is 0 Å². The number of hydrogen-bond acceptors (Lipinski definition) is 4. The summed E-state index contributed by atoms with van der Waals surface area (Å²) in [5.41, 5.74) is 0. The van der Waals surface area contributed by atoms with E-state index in [2.05, 4.69) is 4.74 Å². The van der Waals surface area contributed by atoms with E-state index in [1.165, 1.54) is 0 Å². The molecule has 0 saturated carbocycles. The SMILES string of the molecule is CC(CO)CC(=O)OCO. The van der Waals surface area contributed by atoms with Gasteiger partial charge in [-0.3, -0.25) is 4.79 Å². The lowest BCUT2D eigenvalue weighted by Crippen LogP contribution is -2.12. The Morgan fingerprint density at radius 1 is 1.60 bits per heavy atom. The van der Waals surface area contributed by atoms with Gasteiger partial charge in [-0.1, -0.05) is 6.92 Å². The smallest absolute Gasteiger partial charge is 0.308 e. The van der Waals surface area contributed by atoms with Crippen LogP contribution < -0.4 is 0 Å². The van der Waals surface area contributed by atoms with Gasteiger partial charge in [0.05, 0.1) is 6.42 Å². The first-order chi connectivity index (χ1) is 4.70. The Morgan fingerprint density at radius 2 is 2.20 bits per heavy atom. The molecule has 4 nitrogen and oxygen atoms in total. The molecule has 0 aromatic carbocycles. The molecule has 2 N–H and O–H groups in total. The van der Waals surface area contributed by atoms with E-state index in [0.29, 0.717) is 0 Å². The molecule has 0 aromatic heterocycles. The summed E-state index contributed by atoms with van der Waals surface area (Å²) in [6.07, 6.45) is 0.150. The number of carbonyl (C=O) groups excluding carboxylic acids is 1. The van der Waals surface area contributed by atoms with Gasteiger partial charge >= 0.3 is 5.97 Å². The van der Waals surface area contributed by atoms with E-state index < -0.39 is 12.8 Å². The number of aliphatic hydroxyl groups is 2. The molecular formula is C6H12O4. The van der Waals surface area contributed by atoms with Crippen molar-refractivity contribution in [3.05, 3.63) is 0 Å². The van der Waals surface area contributed by atoms with Crippen LogP contribution in [0.2, 0.25) is 0 Å². The Hall–Kier alpha value is -0.610. The second-order valence-corrected chi connectivity index (χ2v) is 2.14. The Labute approximate surface area is 59.4 Å². The fourth-order valence-corrected chi connectivity index (χ4v) is 0.480. The summed E-state index contributed by atoms with van der Waals surface area (Å²) in [4.78, 5) is 10.5. The first-order valence-electron chi connectivity index (χ1n) is 3.08. The Bertz CT molecular complexity index is 102. The second-order valence-electron chi connectivity index (χ2n) is 2.14. The highest BCUT2D eigenvalue weighted by atomic mass is 16.6. The van der Waals surface area contributed by atoms with Crippen molar-refractivity contribution in [2.75, 3.05) is 13.4 Å². The zero-order valence-corrected chi connectivity index (χ0v) is 5.91. The fraction of sp³-hybridized carbons (Fsp3) is 0.833. The summed E-state index contributed by atoms with van der Waals surface area (Å²) in [6.45, 7) is 1.09. The summed E-state index contributed by atoms with van der Waals surface area (Å²) < 4.78 is 4.22. The van der Waals surface area contributed by atoms with E-state index >= 15 is 0 Å². The first-order valence-corrected chi connectivity index (χ1v) is 3.08. The lowest BCUT2D eigenvalue weighted by Gasteiger charge is -2.04. The minimum Gasteiger partial charge on any atom is -0.439 e. The molecule has 0 spiro atoms. The van der Waals surface area contributed by atoms with Crippen molar-refractivity contribution in [1.29, 1.82) is 0 Å². The third-order valence-electron chi connectivity index (χ3n) is 1.05. The van der Waals surface area contributed by atoms with Crippen LogP contribution in [0.1, 0.15) is 13.3 Å². The zero-order chi connectivity index (χ0) is 7.98. The maximum atomic E-state index is 10.5. The minimum atomic E-state index is -0.586. The number of hydrogen-bond donors (Lipinski definition) is 2. The van der Waals surface area contributed by atoms with Crippen molar-refractivity contribution in [3.8, 4) is 0 Å². The topological polar surface area (TPSA) is 66.8 Å². The van der Waals surface area contributed by atoms with Crippen molar-refractivity contribution in [2.45, 2.75) is 13.3 Å². The van der Waals surface area contributed by atoms with Crippen LogP contribution in [0, 0.1) is 5.92 Å². The predicted octanol–water partition coefficient (Wildman–Crippen LogP) is -0.502. The number of rotatable bonds is 4. The van der Waals surface area contributed by atoms with Crippen LogP contribution in [0.25, 0.3) is 0 Å². The molecule has 1 atom stereocenters. The predicted molar refractivity (Wildman–Crippen MR) is 34.0 cm³/mol. The van der Waals surface area contributed by atoms with Gasteiger partial charge < -0.3 is 14.9 Å². The molecule has 10 heavy (non-hydrogen) atoms. The van der Waals surface area contributed by atoms with Crippen LogP contribution in [-0.4, -0.2) is 29.6 Å². The Kier molecular flexibility index (Phi) is 4.88. The van der Waals surface area contributed by atoms with E-state index in [-0.39, 0.29) is 18.9 Å². The molecule has 0 radical (unpaired) electrons. The highest BCUT2D eigenvalue weighted by Gasteiger charge is 2.07. The summed E-state index contributed by atoms with van der Waals surface area (Å²) in [5.74, 6) is -0.580. The van der Waals surface area contributed by atoms with Gasteiger partial charge in [0.1, 0.15) is 0 Å². The molecule has 0 amide bonds. The quantitative estimate of drug-likeness (QED) is 0.416. The third-order valence-corrected chi connectivity index (χ3v) is 1.05. The van der Waals surface area contributed by atoms with Crippen LogP contribution in [0.15, 0.2) is 0 Å². The van der Waals surface area contributed by atoms with Crippen LogP contribution in [0.3, 0.4) is 0 Å². The summed E-state index contributed by atoms with van der Waals surface area (Å²) in [6, 6.07) is 0. The number of ether oxygens (including phenoxy) is 1. The maximum absolute atomic E-state index is 10.5. The molecule has 0 aliphatic carbocycles. The van der Waals surface area contributed by atoms with E-state index in [9.17, 15) is 4.79 Å². The van der Waals surface area contributed by atoms with E-state index in [0.717, 1.165) is 0 Å². The number of esters is 1. The molecule has 0 saturated heterocycles. The molecule has 4 heteroatoms. The van der Waals surface area contributed by atoms with Crippen LogP contribution in [0.4, 0.5) is 0 Å². The second kappa shape index (κ2) is 5.20. The number of carbonyl (C=O) groups is 1. The standard InChI is InChI=1S/C6H12O4/c1-5(3-7)2-6(9)10-4-8/h5,7-8H,2-4H2,1H3. The average molecular weight is 148 g/mol. The van der Waals surface area contributed by atoms with Gasteiger partial charge in [-0.15, -0.1) is 0 Å². The lowest BCUT2D eigenvalue weighted by atomic mass is 10.1. The number of aliphatic hydroxyl groups excluding tert-OH is 2. The largest absolute Gasteiger partial charge is 0.439 e. The first kappa shape index (κ1) is 9.39. The molecule has 0 aliphatic heterocycles. The molecule has 1 unspecified atom stereocenters. The van der Waals surface area contributed by atoms with Crippen LogP contribution >= 0.6 is 0 Å². The van der Waals surface area contributed by atoms with E-state index in [1.54, 1.807) is 6.92 Å². The van der Waals surface area contributed by atoms with Crippen molar-refractivity contribution < 1.29 is 19.7 Å². The van der Waals surface area contributed by atoms with Crippen LogP contribution in [-0.2, 0) is 9.53 Å². The third kappa shape index (κ3) is 4.29. The molecule has 0 bridgehead atoms. The molecule has 60 valence electrons. The summed E-state index contributed by atoms with van der Waals surface area (Å²) in [7, 11) is 0. The average Bonchev–Trinajstić information content (AvgIpc) is 1.88. The van der Waals surface area contributed by atoms with Gasteiger partial charge in [0.15, 0.2) is 6.79 Å². The molecule has 0 heterocycles. The van der Waals surface area contributed by atoms with Gasteiger partial charge in [0.2, 0.25) is 0 Å². The molecule has 0 aromatic rings. The fourth-order valence-electron chi connectivity index (χ4n) is 0.480. The molecule has 0 aliphatic rings.